The average Bonchev–Trinajstić information content (AvgIpc) is 3.43. The highest BCUT2D eigenvalue weighted by Gasteiger charge is 2.12. The van der Waals surface area contributed by atoms with Crippen LogP contribution < -0.4 is 0 Å². The predicted octanol–water partition coefficient (Wildman–Crippen LogP) is 5.25. The highest BCUT2D eigenvalue weighted by atomic mass is 16.5. The summed E-state index contributed by atoms with van der Waals surface area (Å²) in [6.07, 6.45) is 5.00. The van der Waals surface area contributed by atoms with Gasteiger partial charge in [-0.2, -0.15) is 5.10 Å². The van der Waals surface area contributed by atoms with E-state index in [4.69, 9.17) is 4.52 Å². The number of carbonyl (C=O) groups excluding carboxylic acids is 1. The van der Waals surface area contributed by atoms with E-state index in [0.717, 1.165) is 52.5 Å². The van der Waals surface area contributed by atoms with Gasteiger partial charge in [0.15, 0.2) is 0 Å². The van der Waals surface area contributed by atoms with Crippen LogP contribution in [0, 0.1) is 13.8 Å². The first-order valence-corrected chi connectivity index (χ1v) is 11.1. The lowest BCUT2D eigenvalue weighted by atomic mass is 10.1. The van der Waals surface area contributed by atoms with Gasteiger partial charge >= 0.3 is 0 Å². The Labute approximate surface area is 194 Å². The predicted molar refractivity (Wildman–Crippen MR) is 130 cm³/mol. The zero-order valence-corrected chi connectivity index (χ0v) is 19.2. The fraction of sp³-hybridized carbons (Fsp3) is 0.222. The normalized spacial score (nSPS) is 11.2. The van der Waals surface area contributed by atoms with Crippen LogP contribution in [0.15, 0.2) is 77.3 Å². The molecule has 0 N–H and O–H groups in total. The number of aromatic nitrogens is 3. The van der Waals surface area contributed by atoms with Gasteiger partial charge in [-0.1, -0.05) is 53.7 Å². The van der Waals surface area contributed by atoms with Gasteiger partial charge in [0.2, 0.25) is 5.91 Å². The van der Waals surface area contributed by atoms with E-state index < -0.39 is 0 Å². The third-order valence-corrected chi connectivity index (χ3v) is 5.66. The van der Waals surface area contributed by atoms with Gasteiger partial charge in [0.05, 0.1) is 11.4 Å². The highest BCUT2D eigenvalue weighted by molar-refractivity contribution is 5.91. The van der Waals surface area contributed by atoms with Crippen LogP contribution >= 0.6 is 0 Å². The van der Waals surface area contributed by atoms with Crippen molar-refractivity contribution in [2.45, 2.75) is 26.7 Å². The quantitative estimate of drug-likeness (QED) is 0.351. The summed E-state index contributed by atoms with van der Waals surface area (Å²) in [5.41, 5.74) is 5.73. The summed E-state index contributed by atoms with van der Waals surface area (Å²) in [5, 5.41) is 8.78. The van der Waals surface area contributed by atoms with Crippen LogP contribution in [0.3, 0.4) is 0 Å². The minimum Gasteiger partial charge on any atom is -0.361 e. The van der Waals surface area contributed by atoms with Crippen molar-refractivity contribution in [2.75, 3.05) is 13.6 Å². The zero-order valence-electron chi connectivity index (χ0n) is 19.2. The average molecular weight is 441 g/mol. The molecule has 2 aromatic carbocycles. The number of nitrogens with zero attached hydrogens (tertiary/aromatic N) is 4. The first kappa shape index (κ1) is 22.3. The Hall–Kier alpha value is -3.93. The Balaban J connectivity index is 1.32. The molecule has 0 unspecified atom stereocenters. The Bertz CT molecular complexity index is 1240. The van der Waals surface area contributed by atoms with Crippen molar-refractivity contribution in [1.82, 2.24) is 19.8 Å². The summed E-state index contributed by atoms with van der Waals surface area (Å²) in [5.74, 6) is 0.786. The van der Waals surface area contributed by atoms with Gasteiger partial charge in [-0.25, -0.2) is 4.68 Å². The molecule has 0 aliphatic rings. The Morgan fingerprint density at radius 1 is 1.06 bits per heavy atom. The molecule has 0 atom stereocenters. The summed E-state index contributed by atoms with van der Waals surface area (Å²) in [6.45, 7) is 4.61. The molecule has 0 bridgehead atoms. The second kappa shape index (κ2) is 10.1. The summed E-state index contributed by atoms with van der Waals surface area (Å²) in [7, 11) is 1.82. The number of para-hydroxylation sites is 1. The number of aryl methyl sites for hydroxylation is 2. The van der Waals surface area contributed by atoms with Crippen LogP contribution in [0.25, 0.3) is 23.0 Å². The van der Waals surface area contributed by atoms with Gasteiger partial charge in [0, 0.05) is 49.0 Å². The molecule has 4 rings (SSSR count). The monoisotopic (exact) mass is 440 g/mol. The van der Waals surface area contributed by atoms with Crippen molar-refractivity contribution < 1.29 is 9.32 Å². The fourth-order valence-electron chi connectivity index (χ4n) is 3.77. The van der Waals surface area contributed by atoms with Crippen molar-refractivity contribution in [3.05, 3.63) is 95.5 Å². The van der Waals surface area contributed by atoms with Crippen LogP contribution in [0.5, 0.6) is 0 Å². The maximum absolute atomic E-state index is 12.6. The van der Waals surface area contributed by atoms with Crippen molar-refractivity contribution in [2.24, 2.45) is 0 Å². The second-order valence-corrected chi connectivity index (χ2v) is 8.07. The summed E-state index contributed by atoms with van der Waals surface area (Å²) >= 11 is 0. The first-order valence-electron chi connectivity index (χ1n) is 11.1. The number of hydrogen-bond donors (Lipinski definition) is 0. The maximum atomic E-state index is 12.6. The van der Waals surface area contributed by atoms with E-state index in [-0.39, 0.29) is 5.91 Å². The van der Waals surface area contributed by atoms with E-state index in [2.05, 4.69) is 10.3 Å². The molecule has 2 aromatic heterocycles. The number of hydrogen-bond acceptors (Lipinski definition) is 4. The molecule has 33 heavy (non-hydrogen) atoms. The Morgan fingerprint density at radius 3 is 2.48 bits per heavy atom. The summed E-state index contributed by atoms with van der Waals surface area (Å²) in [4.78, 5) is 14.3. The third kappa shape index (κ3) is 5.29. The zero-order chi connectivity index (χ0) is 23.2. The number of amides is 1. The van der Waals surface area contributed by atoms with Crippen LogP contribution in [-0.2, 0) is 11.2 Å². The highest BCUT2D eigenvalue weighted by Crippen LogP contribution is 2.20. The van der Waals surface area contributed by atoms with Gasteiger partial charge in [-0.05, 0) is 38.5 Å². The minimum atomic E-state index is -0.0381. The molecule has 0 aliphatic carbocycles. The molecule has 0 radical (unpaired) electrons. The maximum Gasteiger partial charge on any atom is 0.246 e. The topological polar surface area (TPSA) is 64.2 Å². The SMILES string of the molecule is Cc1nn(-c2ccccc2)c(C)c1/C=C/C(=O)N(C)CCCc1cc(-c2ccccc2)no1. The van der Waals surface area contributed by atoms with E-state index in [1.54, 1.807) is 11.0 Å². The lowest BCUT2D eigenvalue weighted by molar-refractivity contribution is -0.124. The smallest absolute Gasteiger partial charge is 0.246 e. The van der Waals surface area contributed by atoms with Gasteiger partial charge in [0.1, 0.15) is 11.5 Å². The van der Waals surface area contributed by atoms with Gasteiger partial charge in [-0.15, -0.1) is 0 Å². The number of rotatable bonds is 8. The molecule has 6 nitrogen and oxygen atoms in total. The fourth-order valence-corrected chi connectivity index (χ4v) is 3.77. The van der Waals surface area contributed by atoms with Crippen molar-refractivity contribution in [1.29, 1.82) is 0 Å². The standard InChI is InChI=1S/C27H28N4O2/c1-20-25(21(2)31(28-20)23-13-8-5-9-14-23)16-17-27(32)30(3)18-10-15-24-19-26(29-33-24)22-11-6-4-7-12-22/h4-9,11-14,16-17,19H,10,15,18H2,1-3H3/b17-16+. The second-order valence-electron chi connectivity index (χ2n) is 8.07. The summed E-state index contributed by atoms with van der Waals surface area (Å²) < 4.78 is 7.36. The first-order chi connectivity index (χ1) is 16.0. The molecule has 168 valence electrons. The molecule has 2 heterocycles. The molecule has 0 saturated carbocycles. The largest absolute Gasteiger partial charge is 0.361 e. The molecule has 0 aliphatic heterocycles. The molecule has 6 heteroatoms. The number of benzene rings is 2. The van der Waals surface area contributed by atoms with Crippen molar-refractivity contribution >= 4 is 12.0 Å². The molecule has 0 fully saturated rings. The molecular formula is C27H28N4O2. The van der Waals surface area contributed by atoms with Gasteiger partial charge in [0.25, 0.3) is 0 Å². The minimum absolute atomic E-state index is 0.0381. The Morgan fingerprint density at radius 2 is 1.76 bits per heavy atom. The molecule has 1 amide bonds. The molecule has 0 saturated heterocycles. The lowest BCUT2D eigenvalue weighted by Crippen LogP contribution is -2.26. The van der Waals surface area contributed by atoms with Crippen LogP contribution in [0.1, 0.15) is 29.1 Å². The van der Waals surface area contributed by atoms with Crippen LogP contribution in [-0.4, -0.2) is 39.3 Å². The van der Waals surface area contributed by atoms with Crippen molar-refractivity contribution in [3.8, 4) is 16.9 Å². The van der Waals surface area contributed by atoms with Crippen molar-refractivity contribution in [3.63, 3.8) is 0 Å². The van der Waals surface area contributed by atoms with Gasteiger partial charge < -0.3 is 9.42 Å². The van der Waals surface area contributed by atoms with E-state index in [1.165, 1.54) is 0 Å². The third-order valence-electron chi connectivity index (χ3n) is 5.66. The van der Waals surface area contributed by atoms with Crippen LogP contribution in [0.2, 0.25) is 0 Å². The van der Waals surface area contributed by atoms with Crippen LogP contribution in [0.4, 0.5) is 0 Å². The summed E-state index contributed by atoms with van der Waals surface area (Å²) in [6, 6.07) is 21.9. The van der Waals surface area contributed by atoms with E-state index >= 15 is 0 Å². The van der Waals surface area contributed by atoms with E-state index in [9.17, 15) is 4.79 Å². The molecular weight excluding hydrogens is 412 g/mol. The Kier molecular flexibility index (Phi) is 6.83. The van der Waals surface area contributed by atoms with E-state index in [0.29, 0.717) is 6.54 Å². The lowest BCUT2D eigenvalue weighted by Gasteiger charge is -2.14. The number of carbonyl (C=O) groups is 1. The van der Waals surface area contributed by atoms with Gasteiger partial charge in [-0.3, -0.25) is 4.79 Å². The number of likely N-dealkylation sites (N-methyl/N-ethyl adjacent to an activating group) is 1. The molecule has 4 aromatic rings. The molecule has 0 spiro atoms. The van der Waals surface area contributed by atoms with E-state index in [1.807, 2.05) is 98.4 Å².